The first kappa shape index (κ1) is 22.7. The van der Waals surface area contributed by atoms with E-state index >= 15 is 0 Å². The molecule has 0 radical (unpaired) electrons. The number of amides is 1. The standard InChI is InChI=1S/C23H23ClN6O3/c1-13(28-16(12-31)6-14-2-4-17(32)5-3-14)23(33)30-21-11-25-10-20(29-21)19-9-27-22-18(19)7-15(24)8-26-22/h2-5,7-11,13,16,28,31-32H,6,12H2,1H3,(H,26,27)(H,29,30,33)/t13-,16+/m1/s1. The van der Waals surface area contributed by atoms with E-state index in [4.69, 9.17) is 11.6 Å². The molecule has 1 aromatic carbocycles. The molecule has 10 heteroatoms. The fourth-order valence-electron chi connectivity index (χ4n) is 3.50. The minimum Gasteiger partial charge on any atom is -0.508 e. The number of aromatic amines is 1. The highest BCUT2D eigenvalue weighted by molar-refractivity contribution is 6.31. The summed E-state index contributed by atoms with van der Waals surface area (Å²) in [7, 11) is 0. The van der Waals surface area contributed by atoms with E-state index in [1.54, 1.807) is 55.8 Å². The summed E-state index contributed by atoms with van der Waals surface area (Å²) in [4.78, 5) is 28.7. The molecule has 0 aliphatic rings. The van der Waals surface area contributed by atoms with Crippen molar-refractivity contribution in [2.45, 2.75) is 25.4 Å². The summed E-state index contributed by atoms with van der Waals surface area (Å²) in [5, 5.41) is 26.3. The number of nitrogens with one attached hydrogen (secondary N) is 3. The lowest BCUT2D eigenvalue weighted by molar-refractivity contribution is -0.118. The van der Waals surface area contributed by atoms with Gasteiger partial charge in [0.05, 0.1) is 35.8 Å². The minimum atomic E-state index is -0.596. The average Bonchev–Trinajstić information content (AvgIpc) is 3.23. The van der Waals surface area contributed by atoms with Crippen LogP contribution in [0.2, 0.25) is 5.02 Å². The normalized spacial score (nSPS) is 13.1. The first-order chi connectivity index (χ1) is 15.9. The fourth-order valence-corrected chi connectivity index (χ4v) is 3.66. The predicted molar refractivity (Wildman–Crippen MR) is 126 cm³/mol. The van der Waals surface area contributed by atoms with Crippen LogP contribution in [0, 0.1) is 0 Å². The number of phenols is 1. The molecule has 1 amide bonds. The molecule has 0 saturated heterocycles. The first-order valence-electron chi connectivity index (χ1n) is 10.3. The van der Waals surface area contributed by atoms with Crippen LogP contribution in [0.5, 0.6) is 5.75 Å². The fraction of sp³-hybridized carbons (Fsp3) is 0.217. The SMILES string of the molecule is C[C@@H](N[C@H](CO)Cc1ccc(O)cc1)C(=O)Nc1cncc(-c2c[nH]c3ncc(Cl)cc23)n1. The number of rotatable bonds is 8. The number of aliphatic hydroxyl groups is 1. The number of aromatic hydroxyl groups is 1. The van der Waals surface area contributed by atoms with Crippen molar-refractivity contribution in [1.29, 1.82) is 0 Å². The number of hydrogen-bond donors (Lipinski definition) is 5. The number of pyridine rings is 1. The van der Waals surface area contributed by atoms with E-state index in [-0.39, 0.29) is 24.3 Å². The number of anilines is 1. The lowest BCUT2D eigenvalue weighted by atomic mass is 10.1. The highest BCUT2D eigenvalue weighted by atomic mass is 35.5. The van der Waals surface area contributed by atoms with Gasteiger partial charge in [-0.1, -0.05) is 23.7 Å². The number of H-pyrrole nitrogens is 1. The summed E-state index contributed by atoms with van der Waals surface area (Å²) in [6, 6.07) is 7.58. The van der Waals surface area contributed by atoms with Gasteiger partial charge in [-0.15, -0.1) is 0 Å². The molecule has 0 unspecified atom stereocenters. The van der Waals surface area contributed by atoms with Gasteiger partial charge in [-0.3, -0.25) is 9.78 Å². The third-order valence-electron chi connectivity index (χ3n) is 5.18. The zero-order chi connectivity index (χ0) is 23.4. The number of aliphatic hydroxyl groups excluding tert-OH is 1. The number of benzene rings is 1. The maximum atomic E-state index is 12.7. The summed E-state index contributed by atoms with van der Waals surface area (Å²) < 4.78 is 0. The van der Waals surface area contributed by atoms with Crippen LogP contribution in [-0.2, 0) is 11.2 Å². The molecule has 0 fully saturated rings. The van der Waals surface area contributed by atoms with Gasteiger partial charge in [0.1, 0.15) is 11.4 Å². The van der Waals surface area contributed by atoms with Crippen molar-refractivity contribution in [3.05, 3.63) is 65.7 Å². The summed E-state index contributed by atoms with van der Waals surface area (Å²) in [5.41, 5.74) is 2.93. The van der Waals surface area contributed by atoms with Gasteiger partial charge in [0.2, 0.25) is 5.91 Å². The largest absolute Gasteiger partial charge is 0.508 e. The maximum Gasteiger partial charge on any atom is 0.242 e. The smallest absolute Gasteiger partial charge is 0.242 e. The Bertz CT molecular complexity index is 1260. The molecule has 0 spiro atoms. The van der Waals surface area contributed by atoms with Crippen molar-refractivity contribution in [2.24, 2.45) is 0 Å². The second-order valence-electron chi connectivity index (χ2n) is 7.67. The number of phenolic OH excluding ortho intramolecular Hbond substituents is 1. The van der Waals surface area contributed by atoms with E-state index < -0.39 is 6.04 Å². The Kier molecular flexibility index (Phi) is 6.83. The Morgan fingerprint density at radius 2 is 2.00 bits per heavy atom. The Morgan fingerprint density at radius 1 is 1.21 bits per heavy atom. The monoisotopic (exact) mass is 466 g/mol. The highest BCUT2D eigenvalue weighted by Crippen LogP contribution is 2.28. The number of aromatic nitrogens is 4. The molecule has 0 saturated carbocycles. The van der Waals surface area contributed by atoms with Crippen LogP contribution in [0.3, 0.4) is 0 Å². The van der Waals surface area contributed by atoms with Crippen LogP contribution in [0.15, 0.2) is 55.1 Å². The highest BCUT2D eigenvalue weighted by Gasteiger charge is 2.19. The van der Waals surface area contributed by atoms with Gasteiger partial charge in [-0.25, -0.2) is 9.97 Å². The number of hydrogen-bond acceptors (Lipinski definition) is 7. The predicted octanol–water partition coefficient (Wildman–Crippen LogP) is 2.90. The number of halogens is 1. The van der Waals surface area contributed by atoms with E-state index in [1.807, 2.05) is 0 Å². The van der Waals surface area contributed by atoms with Crippen LogP contribution in [0.1, 0.15) is 12.5 Å². The van der Waals surface area contributed by atoms with E-state index in [2.05, 4.69) is 30.6 Å². The Balaban J connectivity index is 1.43. The van der Waals surface area contributed by atoms with Crippen molar-refractivity contribution in [1.82, 2.24) is 25.3 Å². The summed E-state index contributed by atoms with van der Waals surface area (Å²) >= 11 is 6.08. The van der Waals surface area contributed by atoms with Crippen molar-refractivity contribution >= 4 is 34.4 Å². The van der Waals surface area contributed by atoms with E-state index in [0.717, 1.165) is 16.5 Å². The van der Waals surface area contributed by atoms with Crippen LogP contribution in [0.25, 0.3) is 22.3 Å². The van der Waals surface area contributed by atoms with Gasteiger partial charge >= 0.3 is 0 Å². The average molecular weight is 467 g/mol. The van der Waals surface area contributed by atoms with Crippen LogP contribution in [-0.4, -0.2) is 54.7 Å². The Labute approximate surface area is 194 Å². The van der Waals surface area contributed by atoms with Crippen molar-refractivity contribution < 1.29 is 15.0 Å². The molecule has 170 valence electrons. The summed E-state index contributed by atoms with van der Waals surface area (Å²) in [6.45, 7) is 1.56. The first-order valence-corrected chi connectivity index (χ1v) is 10.7. The van der Waals surface area contributed by atoms with Crippen molar-refractivity contribution in [3.63, 3.8) is 0 Å². The molecule has 9 nitrogen and oxygen atoms in total. The number of fused-ring (bicyclic) bond motifs is 1. The molecule has 4 aromatic rings. The van der Waals surface area contributed by atoms with Crippen molar-refractivity contribution in [3.8, 4) is 17.0 Å². The van der Waals surface area contributed by atoms with Gasteiger partial charge in [-0.2, -0.15) is 0 Å². The van der Waals surface area contributed by atoms with Crippen LogP contribution < -0.4 is 10.6 Å². The van der Waals surface area contributed by atoms with Crippen molar-refractivity contribution in [2.75, 3.05) is 11.9 Å². The molecular weight excluding hydrogens is 444 g/mol. The van der Waals surface area contributed by atoms with Crippen LogP contribution >= 0.6 is 11.6 Å². The quantitative estimate of drug-likeness (QED) is 0.269. The zero-order valence-electron chi connectivity index (χ0n) is 17.8. The molecule has 33 heavy (non-hydrogen) atoms. The molecule has 3 heterocycles. The molecule has 4 rings (SSSR count). The van der Waals surface area contributed by atoms with E-state index in [9.17, 15) is 15.0 Å². The molecule has 2 atom stereocenters. The molecule has 0 bridgehead atoms. The summed E-state index contributed by atoms with van der Waals surface area (Å²) in [5.74, 6) is 0.166. The van der Waals surface area contributed by atoms with Gasteiger partial charge < -0.3 is 25.8 Å². The van der Waals surface area contributed by atoms with E-state index in [1.165, 1.54) is 6.20 Å². The van der Waals surface area contributed by atoms with E-state index in [0.29, 0.717) is 28.6 Å². The number of nitrogens with zero attached hydrogens (tertiary/aromatic N) is 3. The molecular formula is C23H23ClN6O3. The molecule has 0 aliphatic carbocycles. The third-order valence-corrected chi connectivity index (χ3v) is 5.38. The van der Waals surface area contributed by atoms with Crippen LogP contribution in [0.4, 0.5) is 5.82 Å². The Morgan fingerprint density at radius 3 is 2.76 bits per heavy atom. The second kappa shape index (κ2) is 9.95. The Hall–Kier alpha value is -3.53. The van der Waals surface area contributed by atoms with Gasteiger partial charge in [0.15, 0.2) is 5.82 Å². The lowest BCUT2D eigenvalue weighted by Gasteiger charge is -2.21. The zero-order valence-corrected chi connectivity index (χ0v) is 18.5. The molecule has 0 aliphatic heterocycles. The number of carbonyl (C=O) groups excluding carboxylic acids is 1. The van der Waals surface area contributed by atoms with Gasteiger partial charge in [0.25, 0.3) is 0 Å². The van der Waals surface area contributed by atoms with Gasteiger partial charge in [0, 0.05) is 29.4 Å². The maximum absolute atomic E-state index is 12.7. The summed E-state index contributed by atoms with van der Waals surface area (Å²) in [6.07, 6.45) is 6.89. The van der Waals surface area contributed by atoms with Gasteiger partial charge in [-0.05, 0) is 37.1 Å². The second-order valence-corrected chi connectivity index (χ2v) is 8.11. The third kappa shape index (κ3) is 5.46. The minimum absolute atomic E-state index is 0.148. The topological polar surface area (TPSA) is 136 Å². The molecule has 3 aromatic heterocycles. The molecule has 5 N–H and O–H groups in total. The number of carbonyl (C=O) groups is 1. The lowest BCUT2D eigenvalue weighted by Crippen LogP contribution is -2.46.